The van der Waals surface area contributed by atoms with Gasteiger partial charge in [0.15, 0.2) is 0 Å². The van der Waals surface area contributed by atoms with Crippen LogP contribution < -0.4 is 0 Å². The van der Waals surface area contributed by atoms with Crippen molar-refractivity contribution in [3.05, 3.63) is 23.3 Å². The Labute approximate surface area is 94.7 Å². The van der Waals surface area contributed by atoms with Gasteiger partial charge in [-0.3, -0.25) is 0 Å². The van der Waals surface area contributed by atoms with Gasteiger partial charge in [0.25, 0.3) is 0 Å². The van der Waals surface area contributed by atoms with Gasteiger partial charge in [0.2, 0.25) is 0 Å². The summed E-state index contributed by atoms with van der Waals surface area (Å²) in [4.78, 5) is 19.9. The number of hydrogen-bond acceptors (Lipinski definition) is 3. The summed E-state index contributed by atoms with van der Waals surface area (Å²) < 4.78 is 0. The Morgan fingerprint density at radius 1 is 1.06 bits per heavy atom. The Kier molecular flexibility index (Phi) is 10.4. The fourth-order valence-electron chi connectivity index (χ4n) is 0.492. The van der Waals surface area contributed by atoms with Crippen LogP contribution in [0.15, 0.2) is 23.3 Å². The summed E-state index contributed by atoms with van der Waals surface area (Å²) >= 11 is 0. The van der Waals surface area contributed by atoms with E-state index in [1.54, 1.807) is 19.9 Å². The van der Waals surface area contributed by atoms with E-state index in [9.17, 15) is 9.59 Å². The topological polar surface area (TPSA) is 94.8 Å². The number of aliphatic hydroxyl groups is 1. The van der Waals surface area contributed by atoms with E-state index in [-0.39, 0.29) is 12.2 Å². The minimum atomic E-state index is -0.927. The van der Waals surface area contributed by atoms with E-state index in [2.05, 4.69) is 0 Å². The van der Waals surface area contributed by atoms with E-state index in [0.29, 0.717) is 12.0 Å². The van der Waals surface area contributed by atoms with Gasteiger partial charge in [-0.15, -0.1) is 0 Å². The van der Waals surface area contributed by atoms with Gasteiger partial charge in [-0.2, -0.15) is 0 Å². The highest BCUT2D eigenvalue weighted by molar-refractivity contribution is 5.85. The third-order valence-electron chi connectivity index (χ3n) is 1.69. The summed E-state index contributed by atoms with van der Waals surface area (Å²) in [5, 5.41) is 24.6. The van der Waals surface area contributed by atoms with Crippen molar-refractivity contribution in [3.8, 4) is 0 Å². The minimum absolute atomic E-state index is 0.00458. The lowest BCUT2D eigenvalue weighted by molar-refractivity contribution is -0.133. The molecule has 0 amide bonds. The van der Waals surface area contributed by atoms with Gasteiger partial charge in [-0.25, -0.2) is 9.59 Å². The van der Waals surface area contributed by atoms with Crippen LogP contribution in [0.2, 0.25) is 0 Å². The number of carboxylic acid groups (broad SMARTS) is 2. The first-order valence-electron chi connectivity index (χ1n) is 4.73. The largest absolute Gasteiger partial charge is 0.478 e. The van der Waals surface area contributed by atoms with Crippen molar-refractivity contribution in [2.24, 2.45) is 0 Å². The number of allylic oxidation sites excluding steroid dienone is 1. The SMILES string of the molecule is C/C(=C\CCO)C(=O)O.C/C=C(\C)C(=O)O. The molecule has 0 heterocycles. The van der Waals surface area contributed by atoms with E-state index in [0.717, 1.165) is 0 Å². The van der Waals surface area contributed by atoms with Crippen molar-refractivity contribution in [2.75, 3.05) is 6.61 Å². The first kappa shape index (κ1) is 16.8. The molecule has 0 radical (unpaired) electrons. The van der Waals surface area contributed by atoms with Crippen molar-refractivity contribution < 1.29 is 24.9 Å². The van der Waals surface area contributed by atoms with Gasteiger partial charge in [0, 0.05) is 17.8 Å². The van der Waals surface area contributed by atoms with E-state index in [1.807, 2.05) is 0 Å². The molecule has 0 fully saturated rings. The maximum Gasteiger partial charge on any atom is 0.330 e. The van der Waals surface area contributed by atoms with Crippen LogP contribution in [0.5, 0.6) is 0 Å². The summed E-state index contributed by atoms with van der Waals surface area (Å²) in [5.74, 6) is -1.77. The van der Waals surface area contributed by atoms with Crippen molar-refractivity contribution in [1.29, 1.82) is 0 Å². The molecule has 0 rings (SSSR count). The summed E-state index contributed by atoms with van der Waals surface area (Å²) in [6.45, 7) is 4.76. The maximum absolute atomic E-state index is 10.1. The zero-order valence-corrected chi connectivity index (χ0v) is 9.73. The molecule has 0 aromatic rings. The molecule has 0 aliphatic carbocycles. The number of rotatable bonds is 4. The van der Waals surface area contributed by atoms with Crippen molar-refractivity contribution >= 4 is 11.9 Å². The second-order valence-corrected chi connectivity index (χ2v) is 2.98. The summed E-state index contributed by atoms with van der Waals surface area (Å²) in [6.07, 6.45) is 3.46. The van der Waals surface area contributed by atoms with E-state index in [4.69, 9.17) is 15.3 Å². The predicted octanol–water partition coefficient (Wildman–Crippen LogP) is 1.44. The van der Waals surface area contributed by atoms with E-state index in [1.165, 1.54) is 13.0 Å². The third-order valence-corrected chi connectivity index (χ3v) is 1.69. The average molecular weight is 230 g/mol. The van der Waals surface area contributed by atoms with Crippen LogP contribution in [0, 0.1) is 0 Å². The fourth-order valence-corrected chi connectivity index (χ4v) is 0.492. The second-order valence-electron chi connectivity index (χ2n) is 2.98. The molecule has 0 saturated carbocycles. The minimum Gasteiger partial charge on any atom is -0.478 e. The zero-order chi connectivity index (χ0) is 13.1. The van der Waals surface area contributed by atoms with E-state index < -0.39 is 11.9 Å². The van der Waals surface area contributed by atoms with Crippen LogP contribution in [0.4, 0.5) is 0 Å². The lowest BCUT2D eigenvalue weighted by Gasteiger charge is -1.89. The first-order valence-corrected chi connectivity index (χ1v) is 4.73. The monoisotopic (exact) mass is 230 g/mol. The number of carbonyl (C=O) groups is 2. The van der Waals surface area contributed by atoms with E-state index >= 15 is 0 Å². The molecule has 5 heteroatoms. The lowest BCUT2D eigenvalue weighted by atomic mass is 10.2. The van der Waals surface area contributed by atoms with Gasteiger partial charge in [-0.1, -0.05) is 12.2 Å². The first-order chi connectivity index (χ1) is 7.36. The molecule has 3 N–H and O–H groups in total. The van der Waals surface area contributed by atoms with Crippen molar-refractivity contribution in [2.45, 2.75) is 27.2 Å². The smallest absolute Gasteiger partial charge is 0.330 e. The number of aliphatic hydroxyl groups excluding tert-OH is 1. The molecule has 0 aliphatic rings. The number of aliphatic carboxylic acids is 2. The van der Waals surface area contributed by atoms with Gasteiger partial charge in [-0.05, 0) is 27.2 Å². The molecule has 0 aliphatic heterocycles. The van der Waals surface area contributed by atoms with Gasteiger partial charge in [0.1, 0.15) is 0 Å². The zero-order valence-electron chi connectivity index (χ0n) is 9.73. The number of carboxylic acids is 2. The van der Waals surface area contributed by atoms with Gasteiger partial charge in [0.05, 0.1) is 0 Å². The molecule has 0 aromatic carbocycles. The highest BCUT2D eigenvalue weighted by Gasteiger charge is 1.96. The molecule has 0 bridgehead atoms. The van der Waals surface area contributed by atoms with Crippen molar-refractivity contribution in [1.82, 2.24) is 0 Å². The fraction of sp³-hybridized carbons (Fsp3) is 0.455. The molecule has 0 aromatic heterocycles. The summed E-state index contributed by atoms with van der Waals surface area (Å²) in [5.41, 5.74) is 0.670. The molecule has 0 spiro atoms. The molecule has 5 nitrogen and oxygen atoms in total. The Morgan fingerprint density at radius 3 is 1.69 bits per heavy atom. The maximum atomic E-state index is 10.1. The number of hydrogen-bond donors (Lipinski definition) is 3. The third kappa shape index (κ3) is 10.5. The molecule has 0 unspecified atom stereocenters. The molecular formula is C11H18O5. The van der Waals surface area contributed by atoms with Gasteiger partial charge >= 0.3 is 11.9 Å². The molecule has 92 valence electrons. The van der Waals surface area contributed by atoms with Crippen LogP contribution >= 0.6 is 0 Å². The average Bonchev–Trinajstić information content (AvgIpc) is 2.25. The standard InChI is InChI=1S/C6H10O3.C5H8O2/c1-5(6(8)9)3-2-4-7;1-3-4(2)5(6)7/h3,7H,2,4H2,1H3,(H,8,9);3H,1-2H3,(H,6,7)/b5-3+;4-3+. The second kappa shape index (κ2) is 9.92. The molecule has 16 heavy (non-hydrogen) atoms. The normalized spacial score (nSPS) is 11.5. The van der Waals surface area contributed by atoms with Gasteiger partial charge < -0.3 is 15.3 Å². The quantitative estimate of drug-likeness (QED) is 0.635. The van der Waals surface area contributed by atoms with Crippen molar-refractivity contribution in [3.63, 3.8) is 0 Å². The Morgan fingerprint density at radius 2 is 1.50 bits per heavy atom. The molecule has 0 saturated heterocycles. The lowest BCUT2D eigenvalue weighted by Crippen LogP contribution is -1.95. The highest BCUT2D eigenvalue weighted by Crippen LogP contribution is 1.93. The van der Waals surface area contributed by atoms with Crippen LogP contribution in [0.1, 0.15) is 27.2 Å². The predicted molar refractivity (Wildman–Crippen MR) is 60.2 cm³/mol. The van der Waals surface area contributed by atoms with Crippen LogP contribution in [0.3, 0.4) is 0 Å². The molecule has 0 atom stereocenters. The van der Waals surface area contributed by atoms with Crippen LogP contribution in [-0.2, 0) is 9.59 Å². The summed E-state index contributed by atoms with van der Waals surface area (Å²) in [6, 6.07) is 0. The molecular weight excluding hydrogens is 212 g/mol. The Bertz CT molecular complexity index is 289. The Balaban J connectivity index is 0. The summed E-state index contributed by atoms with van der Waals surface area (Å²) in [7, 11) is 0. The van der Waals surface area contributed by atoms with Crippen LogP contribution in [-0.4, -0.2) is 33.9 Å². The Hall–Kier alpha value is -1.62. The van der Waals surface area contributed by atoms with Crippen LogP contribution in [0.25, 0.3) is 0 Å². The highest BCUT2D eigenvalue weighted by atomic mass is 16.4.